The number of nitrogen functional groups attached to an aromatic ring is 1. The van der Waals surface area contributed by atoms with Crippen molar-refractivity contribution in [3.05, 3.63) is 78.9 Å². The molecule has 0 bridgehead atoms. The van der Waals surface area contributed by atoms with Gasteiger partial charge in [0, 0.05) is 31.6 Å². The summed E-state index contributed by atoms with van der Waals surface area (Å²) in [6.45, 7) is 2.29. The molecule has 4 N–H and O–H groups in total. The largest absolute Gasteiger partial charge is 0.457 e. The Kier molecular flexibility index (Phi) is 7.74. The Morgan fingerprint density at radius 2 is 1.76 bits per heavy atom. The summed E-state index contributed by atoms with van der Waals surface area (Å²) in [7, 11) is 0. The van der Waals surface area contributed by atoms with Gasteiger partial charge in [0.15, 0.2) is 5.65 Å². The number of imide groups is 1. The van der Waals surface area contributed by atoms with Crippen LogP contribution in [0.25, 0.3) is 22.3 Å². The van der Waals surface area contributed by atoms with Crippen LogP contribution < -0.4 is 21.1 Å². The zero-order valence-corrected chi connectivity index (χ0v) is 24.5. The van der Waals surface area contributed by atoms with Gasteiger partial charge in [0.25, 0.3) is 0 Å². The summed E-state index contributed by atoms with van der Waals surface area (Å²) in [4.78, 5) is 34.8. The van der Waals surface area contributed by atoms with Gasteiger partial charge in [-0.2, -0.15) is 15.3 Å². The van der Waals surface area contributed by atoms with Crippen LogP contribution in [-0.2, 0) is 16.1 Å². The number of nitrogens with zero attached hydrogens (tertiary/aromatic N) is 7. The van der Waals surface area contributed by atoms with E-state index in [1.807, 2.05) is 65.3 Å². The average molecular weight is 605 g/mol. The number of piperidine rings is 2. The molecule has 1 unspecified atom stereocenters. The van der Waals surface area contributed by atoms with Gasteiger partial charge in [-0.3, -0.25) is 19.8 Å². The summed E-state index contributed by atoms with van der Waals surface area (Å²) >= 11 is 0. The Hall–Kier alpha value is -5.43. The lowest BCUT2D eigenvalue weighted by atomic mass is 10.0. The molecule has 0 radical (unpaired) electrons. The number of rotatable bonds is 8. The van der Waals surface area contributed by atoms with Crippen LogP contribution in [0.15, 0.2) is 73.2 Å². The van der Waals surface area contributed by atoms with Crippen molar-refractivity contribution in [2.45, 2.75) is 44.3 Å². The molecule has 5 heterocycles. The smallest absolute Gasteiger partial charge is 0.249 e. The second kappa shape index (κ2) is 12.3. The van der Waals surface area contributed by atoms with E-state index in [-0.39, 0.29) is 17.9 Å². The Balaban J connectivity index is 1.03. The van der Waals surface area contributed by atoms with Crippen LogP contribution in [-0.4, -0.2) is 65.8 Å². The molecule has 2 aliphatic rings. The molecule has 0 spiro atoms. The SMILES string of the molecule is Nc1ncnc2c1c(-c1ccc(Oc3ccccc3)cc1)nn2C1CCN(Cc2cc(NC3CCC(=O)NC3=O)cnn2)CC1. The van der Waals surface area contributed by atoms with Gasteiger partial charge < -0.3 is 15.8 Å². The van der Waals surface area contributed by atoms with Crippen molar-refractivity contribution < 1.29 is 14.3 Å². The van der Waals surface area contributed by atoms with Crippen LogP contribution >= 0.6 is 0 Å². The summed E-state index contributed by atoms with van der Waals surface area (Å²) in [6.07, 6.45) is 5.57. The number of hydrogen-bond donors (Lipinski definition) is 3. The lowest BCUT2D eigenvalue weighted by Crippen LogP contribution is -2.47. The number of ether oxygens (including phenoxy) is 1. The van der Waals surface area contributed by atoms with E-state index in [1.54, 1.807) is 6.20 Å². The maximum absolute atomic E-state index is 12.2. The maximum Gasteiger partial charge on any atom is 0.249 e. The minimum absolute atomic E-state index is 0.138. The summed E-state index contributed by atoms with van der Waals surface area (Å²) < 4.78 is 7.96. The Morgan fingerprint density at radius 3 is 2.53 bits per heavy atom. The van der Waals surface area contributed by atoms with Crippen LogP contribution in [0.2, 0.25) is 0 Å². The first-order chi connectivity index (χ1) is 22.0. The third kappa shape index (κ3) is 6.15. The first kappa shape index (κ1) is 28.3. The van der Waals surface area contributed by atoms with Crippen molar-refractivity contribution >= 4 is 34.4 Å². The first-order valence-corrected chi connectivity index (χ1v) is 15.0. The fourth-order valence-electron chi connectivity index (χ4n) is 5.91. The normalized spacial score (nSPS) is 17.7. The molecule has 2 aromatic carbocycles. The topological polar surface area (TPSA) is 166 Å². The molecule has 2 fully saturated rings. The van der Waals surface area contributed by atoms with E-state index in [0.717, 1.165) is 65.4 Å². The fourth-order valence-corrected chi connectivity index (χ4v) is 5.91. The highest BCUT2D eigenvalue weighted by Crippen LogP contribution is 2.35. The standard InChI is InChI=1S/C32H32N10O3/c33-30-28-29(20-6-8-25(9-7-20)45-24-4-2-1-3-5-24)40-42(31(28)35-19-34-30)23-12-14-41(15-13-23)18-22-16-21(17-36-39-22)37-26-10-11-27(43)38-32(26)44/h1-9,16-17,19,23,26H,10-15,18H2,(H,37,39)(H2,33,34,35)(H,38,43,44). The predicted molar refractivity (Wildman–Crippen MR) is 167 cm³/mol. The molecule has 228 valence electrons. The number of amides is 2. The Labute approximate surface area is 258 Å². The summed E-state index contributed by atoms with van der Waals surface area (Å²) in [5, 5.41) is 19.8. The predicted octanol–water partition coefficient (Wildman–Crippen LogP) is 3.71. The third-order valence-electron chi connectivity index (χ3n) is 8.20. The molecule has 13 heteroatoms. The number of carbonyl (C=O) groups is 2. The summed E-state index contributed by atoms with van der Waals surface area (Å²) in [6, 6.07) is 19.0. The van der Waals surface area contributed by atoms with Crippen molar-refractivity contribution in [1.29, 1.82) is 0 Å². The number of para-hydroxylation sites is 1. The molecule has 0 saturated carbocycles. The Morgan fingerprint density at radius 1 is 0.978 bits per heavy atom. The fraction of sp³-hybridized carbons (Fsp3) is 0.281. The molecular formula is C32H32N10O3. The number of carbonyl (C=O) groups excluding carboxylic acids is 2. The zero-order valence-electron chi connectivity index (χ0n) is 24.5. The van der Waals surface area contributed by atoms with Crippen molar-refractivity contribution in [3.8, 4) is 22.8 Å². The highest BCUT2D eigenvalue weighted by Gasteiger charge is 2.28. The molecular weight excluding hydrogens is 572 g/mol. The number of likely N-dealkylation sites (tertiary alicyclic amines) is 1. The number of nitrogens with one attached hydrogen (secondary N) is 2. The van der Waals surface area contributed by atoms with Gasteiger partial charge in [0.2, 0.25) is 11.8 Å². The van der Waals surface area contributed by atoms with Crippen molar-refractivity contribution in [2.75, 3.05) is 24.1 Å². The second-order valence-electron chi connectivity index (χ2n) is 11.3. The van der Waals surface area contributed by atoms with Crippen LogP contribution in [0.1, 0.15) is 37.4 Å². The molecule has 3 aromatic heterocycles. The highest BCUT2D eigenvalue weighted by molar-refractivity contribution is 6.01. The monoisotopic (exact) mass is 604 g/mol. The van der Waals surface area contributed by atoms with E-state index >= 15 is 0 Å². The van der Waals surface area contributed by atoms with E-state index in [2.05, 4.69) is 35.7 Å². The summed E-state index contributed by atoms with van der Waals surface area (Å²) in [5.41, 5.74) is 10.2. The number of anilines is 2. The molecule has 5 aromatic rings. The molecule has 7 rings (SSSR count). The lowest BCUT2D eigenvalue weighted by Gasteiger charge is -2.31. The molecule has 1 atom stereocenters. The van der Waals surface area contributed by atoms with E-state index in [9.17, 15) is 9.59 Å². The minimum Gasteiger partial charge on any atom is -0.457 e. The van der Waals surface area contributed by atoms with E-state index < -0.39 is 6.04 Å². The summed E-state index contributed by atoms with van der Waals surface area (Å²) in [5.74, 6) is 1.34. The van der Waals surface area contributed by atoms with E-state index in [0.29, 0.717) is 30.9 Å². The maximum atomic E-state index is 12.2. The van der Waals surface area contributed by atoms with Crippen molar-refractivity contribution in [2.24, 2.45) is 0 Å². The number of benzene rings is 2. The second-order valence-corrected chi connectivity index (χ2v) is 11.3. The van der Waals surface area contributed by atoms with Gasteiger partial charge >= 0.3 is 0 Å². The van der Waals surface area contributed by atoms with E-state index in [4.69, 9.17) is 15.6 Å². The van der Waals surface area contributed by atoms with Gasteiger partial charge in [0.1, 0.15) is 35.4 Å². The molecule has 0 aliphatic carbocycles. The molecule has 45 heavy (non-hydrogen) atoms. The molecule has 13 nitrogen and oxygen atoms in total. The quantitative estimate of drug-likeness (QED) is 0.221. The van der Waals surface area contributed by atoms with Gasteiger partial charge in [0.05, 0.1) is 29.0 Å². The molecule has 2 saturated heterocycles. The van der Waals surface area contributed by atoms with Crippen LogP contribution in [0.3, 0.4) is 0 Å². The van der Waals surface area contributed by atoms with Crippen molar-refractivity contribution in [1.82, 2.24) is 40.2 Å². The number of hydrogen-bond acceptors (Lipinski definition) is 11. The van der Waals surface area contributed by atoms with Crippen LogP contribution in [0, 0.1) is 0 Å². The number of fused-ring (bicyclic) bond motifs is 1. The zero-order chi connectivity index (χ0) is 30.8. The molecule has 2 amide bonds. The van der Waals surface area contributed by atoms with Gasteiger partial charge in [-0.05, 0) is 61.7 Å². The van der Waals surface area contributed by atoms with Crippen molar-refractivity contribution in [3.63, 3.8) is 0 Å². The minimum atomic E-state index is -0.470. The number of nitrogens with two attached hydrogens (primary N) is 1. The lowest BCUT2D eigenvalue weighted by molar-refractivity contribution is -0.133. The van der Waals surface area contributed by atoms with Crippen LogP contribution in [0.5, 0.6) is 11.5 Å². The van der Waals surface area contributed by atoms with Gasteiger partial charge in [-0.25, -0.2) is 14.6 Å². The highest BCUT2D eigenvalue weighted by atomic mass is 16.5. The van der Waals surface area contributed by atoms with E-state index in [1.165, 1.54) is 6.33 Å². The third-order valence-corrected chi connectivity index (χ3v) is 8.20. The molecule has 2 aliphatic heterocycles. The first-order valence-electron chi connectivity index (χ1n) is 15.0. The Bertz CT molecular complexity index is 1840. The number of aromatic nitrogens is 6. The van der Waals surface area contributed by atoms with Gasteiger partial charge in [-0.1, -0.05) is 18.2 Å². The van der Waals surface area contributed by atoms with Crippen LogP contribution in [0.4, 0.5) is 11.5 Å². The average Bonchev–Trinajstić information content (AvgIpc) is 3.45. The van der Waals surface area contributed by atoms with Gasteiger partial charge in [-0.15, -0.1) is 0 Å².